The summed E-state index contributed by atoms with van der Waals surface area (Å²) in [7, 11) is 0. The average Bonchev–Trinajstić information content (AvgIpc) is 2.47. The van der Waals surface area contributed by atoms with Gasteiger partial charge >= 0.3 is 5.97 Å². The quantitative estimate of drug-likeness (QED) is 0.727. The molecule has 2 atom stereocenters. The molecule has 2 rings (SSSR count). The molecule has 4 N–H and O–H groups in total. The second-order valence-corrected chi connectivity index (χ2v) is 4.93. The minimum absolute atomic E-state index is 0.283. The van der Waals surface area contributed by atoms with E-state index in [9.17, 15) is 14.4 Å². The van der Waals surface area contributed by atoms with E-state index in [1.165, 1.54) is 6.07 Å². The lowest BCUT2D eigenvalue weighted by atomic mass is 9.82. The monoisotopic (exact) mass is 288 g/mol. The van der Waals surface area contributed by atoms with Crippen molar-refractivity contribution in [3.63, 3.8) is 0 Å². The third-order valence-corrected chi connectivity index (χ3v) is 3.50. The number of rotatable bonds is 4. The van der Waals surface area contributed by atoms with Gasteiger partial charge in [-0.15, -0.1) is 0 Å². The van der Waals surface area contributed by atoms with Crippen molar-refractivity contribution in [2.75, 3.05) is 5.32 Å². The highest BCUT2D eigenvalue weighted by Crippen LogP contribution is 2.27. The molecule has 0 aliphatic heterocycles. The summed E-state index contributed by atoms with van der Waals surface area (Å²) in [6.07, 6.45) is 4.31. The van der Waals surface area contributed by atoms with E-state index in [0.29, 0.717) is 18.5 Å². The summed E-state index contributed by atoms with van der Waals surface area (Å²) in [5.74, 6) is -3.28. The second kappa shape index (κ2) is 6.21. The highest BCUT2D eigenvalue weighted by molar-refractivity contribution is 5.98. The van der Waals surface area contributed by atoms with Gasteiger partial charge in [0, 0.05) is 11.3 Å². The molecule has 21 heavy (non-hydrogen) atoms. The standard InChI is InChI=1S/C15H16N2O4/c16-13(18)9-4-3-5-10(8-9)17-14(19)11-6-1-2-7-12(11)15(20)21/h1-5,8,11-12H,6-7H2,(H2,16,18)(H,17,19)(H,20,21)/t11-,12+/m1/s1. The average molecular weight is 288 g/mol. The fourth-order valence-electron chi connectivity index (χ4n) is 2.36. The van der Waals surface area contributed by atoms with E-state index in [-0.39, 0.29) is 11.5 Å². The maximum Gasteiger partial charge on any atom is 0.307 e. The molecule has 0 radical (unpaired) electrons. The Morgan fingerprint density at radius 1 is 1.14 bits per heavy atom. The molecule has 6 nitrogen and oxygen atoms in total. The largest absolute Gasteiger partial charge is 0.481 e. The lowest BCUT2D eigenvalue weighted by Gasteiger charge is -2.24. The smallest absolute Gasteiger partial charge is 0.307 e. The van der Waals surface area contributed by atoms with Gasteiger partial charge in [0.25, 0.3) is 0 Å². The van der Waals surface area contributed by atoms with Crippen molar-refractivity contribution in [1.29, 1.82) is 0 Å². The van der Waals surface area contributed by atoms with Gasteiger partial charge in [0.05, 0.1) is 11.8 Å². The number of hydrogen-bond acceptors (Lipinski definition) is 3. The zero-order valence-electron chi connectivity index (χ0n) is 11.3. The molecule has 1 aliphatic carbocycles. The van der Waals surface area contributed by atoms with Crippen LogP contribution in [0, 0.1) is 11.8 Å². The maximum atomic E-state index is 12.2. The van der Waals surface area contributed by atoms with Crippen LogP contribution in [0.25, 0.3) is 0 Å². The first-order chi connectivity index (χ1) is 9.99. The molecule has 1 aromatic carbocycles. The molecule has 0 saturated carbocycles. The molecule has 0 spiro atoms. The van der Waals surface area contributed by atoms with Crippen LogP contribution in [-0.2, 0) is 9.59 Å². The van der Waals surface area contributed by atoms with Crippen LogP contribution in [0.2, 0.25) is 0 Å². The Kier molecular flexibility index (Phi) is 4.37. The van der Waals surface area contributed by atoms with Gasteiger partial charge < -0.3 is 16.2 Å². The lowest BCUT2D eigenvalue weighted by Crippen LogP contribution is -2.34. The van der Waals surface area contributed by atoms with E-state index < -0.39 is 23.7 Å². The highest BCUT2D eigenvalue weighted by atomic mass is 16.4. The van der Waals surface area contributed by atoms with Gasteiger partial charge in [-0.1, -0.05) is 18.2 Å². The first kappa shape index (κ1) is 14.8. The molecule has 0 fully saturated rings. The van der Waals surface area contributed by atoms with Crippen molar-refractivity contribution in [3.8, 4) is 0 Å². The summed E-state index contributed by atoms with van der Waals surface area (Å²) >= 11 is 0. The van der Waals surface area contributed by atoms with Crippen LogP contribution in [0.5, 0.6) is 0 Å². The summed E-state index contributed by atoms with van der Waals surface area (Å²) in [5, 5.41) is 11.8. The van der Waals surface area contributed by atoms with Crippen molar-refractivity contribution in [3.05, 3.63) is 42.0 Å². The van der Waals surface area contributed by atoms with E-state index >= 15 is 0 Å². The van der Waals surface area contributed by atoms with Crippen LogP contribution in [0.1, 0.15) is 23.2 Å². The van der Waals surface area contributed by atoms with E-state index in [4.69, 9.17) is 10.8 Å². The zero-order chi connectivity index (χ0) is 15.4. The molecule has 6 heteroatoms. The Morgan fingerprint density at radius 3 is 2.43 bits per heavy atom. The summed E-state index contributed by atoms with van der Waals surface area (Å²) < 4.78 is 0. The number of allylic oxidation sites excluding steroid dienone is 2. The zero-order valence-corrected chi connectivity index (χ0v) is 11.3. The third kappa shape index (κ3) is 3.47. The molecular weight excluding hydrogens is 272 g/mol. The van der Waals surface area contributed by atoms with Crippen LogP contribution in [0.15, 0.2) is 36.4 Å². The Hall–Kier alpha value is -2.63. The number of nitrogens with two attached hydrogens (primary N) is 1. The summed E-state index contributed by atoms with van der Waals surface area (Å²) in [6.45, 7) is 0. The maximum absolute atomic E-state index is 12.2. The van der Waals surface area contributed by atoms with Crippen LogP contribution < -0.4 is 11.1 Å². The van der Waals surface area contributed by atoms with Gasteiger partial charge in [-0.2, -0.15) is 0 Å². The van der Waals surface area contributed by atoms with Crippen molar-refractivity contribution in [1.82, 2.24) is 0 Å². The first-order valence-corrected chi connectivity index (χ1v) is 6.57. The van der Waals surface area contributed by atoms with Gasteiger partial charge in [0.15, 0.2) is 0 Å². The number of carbonyl (C=O) groups is 3. The summed E-state index contributed by atoms with van der Waals surface area (Å²) in [6, 6.07) is 6.24. The third-order valence-electron chi connectivity index (χ3n) is 3.50. The second-order valence-electron chi connectivity index (χ2n) is 4.93. The molecule has 0 saturated heterocycles. The molecule has 0 unspecified atom stereocenters. The van der Waals surface area contributed by atoms with E-state index in [2.05, 4.69) is 5.32 Å². The number of benzene rings is 1. The first-order valence-electron chi connectivity index (χ1n) is 6.57. The Balaban J connectivity index is 2.13. The molecule has 2 amide bonds. The minimum atomic E-state index is -0.981. The predicted molar refractivity (Wildman–Crippen MR) is 76.6 cm³/mol. The lowest BCUT2D eigenvalue weighted by molar-refractivity contribution is -0.146. The van der Waals surface area contributed by atoms with Crippen LogP contribution in [0.4, 0.5) is 5.69 Å². The van der Waals surface area contributed by atoms with Crippen molar-refractivity contribution >= 4 is 23.5 Å². The molecule has 1 aromatic rings. The molecule has 1 aliphatic rings. The predicted octanol–water partition coefficient (Wildman–Crippen LogP) is 1.39. The Bertz CT molecular complexity index is 609. The number of aliphatic carboxylic acids is 1. The number of nitrogens with one attached hydrogen (secondary N) is 1. The van der Waals surface area contributed by atoms with Crippen molar-refractivity contribution < 1.29 is 19.5 Å². The Morgan fingerprint density at radius 2 is 1.81 bits per heavy atom. The minimum Gasteiger partial charge on any atom is -0.481 e. The van der Waals surface area contributed by atoms with E-state index in [1.54, 1.807) is 24.3 Å². The topological polar surface area (TPSA) is 109 Å². The van der Waals surface area contributed by atoms with E-state index in [1.807, 2.05) is 6.08 Å². The SMILES string of the molecule is NC(=O)c1cccc(NC(=O)[C@@H]2CC=CC[C@@H]2C(=O)O)c1. The Labute approximate surface area is 121 Å². The fraction of sp³-hybridized carbons (Fsp3) is 0.267. The number of primary amides is 1. The van der Waals surface area contributed by atoms with Crippen LogP contribution in [-0.4, -0.2) is 22.9 Å². The van der Waals surface area contributed by atoms with Gasteiger partial charge in [-0.25, -0.2) is 0 Å². The molecule has 110 valence electrons. The number of carboxylic acid groups (broad SMARTS) is 1. The highest BCUT2D eigenvalue weighted by Gasteiger charge is 2.33. The van der Waals surface area contributed by atoms with Crippen molar-refractivity contribution in [2.24, 2.45) is 17.6 Å². The van der Waals surface area contributed by atoms with Gasteiger partial charge in [0.1, 0.15) is 0 Å². The fourth-order valence-corrected chi connectivity index (χ4v) is 2.36. The number of hydrogen-bond donors (Lipinski definition) is 3. The van der Waals surface area contributed by atoms with Gasteiger partial charge in [-0.05, 0) is 31.0 Å². The summed E-state index contributed by atoms with van der Waals surface area (Å²) in [5.41, 5.74) is 5.89. The van der Waals surface area contributed by atoms with Crippen LogP contribution >= 0.6 is 0 Å². The van der Waals surface area contributed by atoms with Crippen molar-refractivity contribution in [2.45, 2.75) is 12.8 Å². The molecule has 0 bridgehead atoms. The number of carboxylic acids is 1. The molecule has 0 aromatic heterocycles. The normalized spacial score (nSPS) is 20.8. The van der Waals surface area contributed by atoms with Gasteiger partial charge in [0.2, 0.25) is 11.8 Å². The van der Waals surface area contributed by atoms with E-state index in [0.717, 1.165) is 0 Å². The van der Waals surface area contributed by atoms with Gasteiger partial charge in [-0.3, -0.25) is 14.4 Å². The number of amides is 2. The van der Waals surface area contributed by atoms with Crippen LogP contribution in [0.3, 0.4) is 0 Å². The summed E-state index contributed by atoms with van der Waals surface area (Å²) in [4.78, 5) is 34.5. The molecule has 0 heterocycles. The molecular formula is C15H16N2O4. The number of anilines is 1. The number of carbonyl (C=O) groups excluding carboxylic acids is 2.